The van der Waals surface area contributed by atoms with Crippen molar-refractivity contribution in [2.45, 2.75) is 13.5 Å². The SMILES string of the molecule is COc1ccc2c(c1)c(C(=O)c1cnc(-c3cnccn3)s1)c(C)n2Cc1ccc(Cl)cc1. The van der Waals surface area contributed by atoms with Crippen molar-refractivity contribution in [1.82, 2.24) is 19.5 Å². The van der Waals surface area contributed by atoms with Gasteiger partial charge in [0, 0.05) is 46.8 Å². The fraction of sp³-hybridized carbons (Fsp3) is 0.120. The van der Waals surface area contributed by atoms with Gasteiger partial charge in [-0.05, 0) is 42.8 Å². The van der Waals surface area contributed by atoms with Crippen LogP contribution in [-0.4, -0.2) is 32.4 Å². The normalized spacial score (nSPS) is 11.1. The van der Waals surface area contributed by atoms with E-state index in [-0.39, 0.29) is 5.78 Å². The largest absolute Gasteiger partial charge is 0.497 e. The molecule has 0 saturated heterocycles. The summed E-state index contributed by atoms with van der Waals surface area (Å²) in [6.07, 6.45) is 6.47. The Morgan fingerprint density at radius 2 is 1.91 bits per heavy atom. The molecule has 0 aliphatic carbocycles. The van der Waals surface area contributed by atoms with Gasteiger partial charge in [-0.2, -0.15) is 0 Å². The molecule has 0 spiro atoms. The van der Waals surface area contributed by atoms with E-state index in [0.717, 1.165) is 22.2 Å². The van der Waals surface area contributed by atoms with Crippen LogP contribution in [0.2, 0.25) is 5.02 Å². The van der Waals surface area contributed by atoms with Crippen LogP contribution in [0.3, 0.4) is 0 Å². The third kappa shape index (κ3) is 4.01. The lowest BCUT2D eigenvalue weighted by Crippen LogP contribution is -2.05. The molecule has 0 fully saturated rings. The molecule has 0 N–H and O–H groups in total. The highest BCUT2D eigenvalue weighted by atomic mass is 35.5. The van der Waals surface area contributed by atoms with E-state index in [0.29, 0.717) is 38.5 Å². The standard InChI is InChI=1S/C25H19ClN4O2S/c1-15-23(24(31)22-13-29-25(33-22)20-12-27-9-10-28-20)19-11-18(32-2)7-8-21(19)30(15)14-16-3-5-17(26)6-4-16/h3-13H,14H2,1-2H3. The number of fused-ring (bicyclic) bond motifs is 1. The van der Waals surface area contributed by atoms with Gasteiger partial charge in [-0.3, -0.25) is 14.8 Å². The Kier molecular flexibility index (Phi) is 5.66. The van der Waals surface area contributed by atoms with Crippen molar-refractivity contribution in [2.75, 3.05) is 7.11 Å². The van der Waals surface area contributed by atoms with Gasteiger partial charge in [-0.15, -0.1) is 11.3 Å². The zero-order chi connectivity index (χ0) is 22.9. The van der Waals surface area contributed by atoms with Gasteiger partial charge < -0.3 is 9.30 Å². The Morgan fingerprint density at radius 3 is 2.64 bits per heavy atom. The molecule has 0 amide bonds. The number of carbonyl (C=O) groups excluding carboxylic acids is 1. The molecule has 164 valence electrons. The maximum atomic E-state index is 13.7. The number of aromatic nitrogens is 4. The molecule has 0 unspecified atom stereocenters. The van der Waals surface area contributed by atoms with Gasteiger partial charge in [0.05, 0.1) is 23.7 Å². The smallest absolute Gasteiger partial charge is 0.207 e. The predicted octanol–water partition coefficient (Wildman–Crippen LogP) is 5.80. The lowest BCUT2D eigenvalue weighted by atomic mass is 10.1. The number of hydrogen-bond acceptors (Lipinski definition) is 6. The van der Waals surface area contributed by atoms with E-state index in [1.165, 1.54) is 11.3 Å². The first kappa shape index (κ1) is 21.3. The molecule has 0 saturated carbocycles. The summed E-state index contributed by atoms with van der Waals surface area (Å²) < 4.78 is 7.59. The number of nitrogens with zero attached hydrogens (tertiary/aromatic N) is 4. The zero-order valence-corrected chi connectivity index (χ0v) is 19.5. The number of carbonyl (C=O) groups is 1. The highest BCUT2D eigenvalue weighted by molar-refractivity contribution is 7.17. The van der Waals surface area contributed by atoms with Crippen LogP contribution < -0.4 is 4.74 Å². The predicted molar refractivity (Wildman–Crippen MR) is 130 cm³/mol. The van der Waals surface area contributed by atoms with Gasteiger partial charge >= 0.3 is 0 Å². The quantitative estimate of drug-likeness (QED) is 0.291. The molecule has 0 bridgehead atoms. The Morgan fingerprint density at radius 1 is 1.09 bits per heavy atom. The van der Waals surface area contributed by atoms with Gasteiger partial charge in [0.1, 0.15) is 16.5 Å². The van der Waals surface area contributed by atoms with E-state index < -0.39 is 0 Å². The Balaban J connectivity index is 1.61. The summed E-state index contributed by atoms with van der Waals surface area (Å²) in [4.78, 5) is 27.0. The first-order chi connectivity index (χ1) is 16.0. The van der Waals surface area contributed by atoms with Gasteiger partial charge in [0.15, 0.2) is 0 Å². The van der Waals surface area contributed by atoms with Crippen molar-refractivity contribution in [2.24, 2.45) is 0 Å². The van der Waals surface area contributed by atoms with E-state index in [4.69, 9.17) is 16.3 Å². The number of methoxy groups -OCH3 is 1. The van der Waals surface area contributed by atoms with Crippen LogP contribution in [0.15, 0.2) is 67.3 Å². The van der Waals surface area contributed by atoms with Crippen molar-refractivity contribution in [1.29, 1.82) is 0 Å². The van der Waals surface area contributed by atoms with E-state index >= 15 is 0 Å². The molecule has 33 heavy (non-hydrogen) atoms. The van der Waals surface area contributed by atoms with Crippen LogP contribution in [-0.2, 0) is 6.54 Å². The zero-order valence-electron chi connectivity index (χ0n) is 17.9. The summed E-state index contributed by atoms with van der Waals surface area (Å²) in [5, 5.41) is 2.20. The summed E-state index contributed by atoms with van der Waals surface area (Å²) in [5.74, 6) is 0.623. The van der Waals surface area contributed by atoms with Crippen LogP contribution in [0.4, 0.5) is 0 Å². The van der Waals surface area contributed by atoms with Crippen LogP contribution in [0.5, 0.6) is 5.75 Å². The van der Waals surface area contributed by atoms with Gasteiger partial charge in [0.2, 0.25) is 5.78 Å². The molecule has 0 atom stereocenters. The monoisotopic (exact) mass is 474 g/mol. The number of ether oxygens (including phenoxy) is 1. The Hall–Kier alpha value is -3.55. The maximum absolute atomic E-state index is 13.7. The number of halogens is 1. The highest BCUT2D eigenvalue weighted by Gasteiger charge is 2.24. The average Bonchev–Trinajstić information content (AvgIpc) is 3.44. The second kappa shape index (κ2) is 8.77. The van der Waals surface area contributed by atoms with Gasteiger partial charge in [-0.25, -0.2) is 4.98 Å². The second-order valence-electron chi connectivity index (χ2n) is 7.51. The number of hydrogen-bond donors (Lipinski definition) is 0. The summed E-state index contributed by atoms with van der Waals surface area (Å²) >= 11 is 7.37. The van der Waals surface area contributed by atoms with E-state index in [2.05, 4.69) is 19.5 Å². The molecule has 5 rings (SSSR count). The number of benzene rings is 2. The topological polar surface area (TPSA) is 69.9 Å². The second-order valence-corrected chi connectivity index (χ2v) is 8.97. The third-order valence-corrected chi connectivity index (χ3v) is 6.79. The van der Waals surface area contributed by atoms with Crippen LogP contribution in [0.1, 0.15) is 26.5 Å². The fourth-order valence-corrected chi connectivity index (χ4v) is 4.83. The van der Waals surface area contributed by atoms with Crippen molar-refractivity contribution in [3.63, 3.8) is 0 Å². The molecule has 0 radical (unpaired) electrons. The molecule has 2 aromatic carbocycles. The number of thiazole rings is 1. The van der Waals surface area contributed by atoms with Crippen LogP contribution in [0.25, 0.3) is 21.6 Å². The lowest BCUT2D eigenvalue weighted by molar-refractivity contribution is 0.104. The van der Waals surface area contributed by atoms with Crippen LogP contribution >= 0.6 is 22.9 Å². The van der Waals surface area contributed by atoms with Crippen molar-refractivity contribution < 1.29 is 9.53 Å². The third-order valence-electron chi connectivity index (χ3n) is 5.52. The first-order valence-electron chi connectivity index (χ1n) is 10.2. The molecular formula is C25H19ClN4O2S. The minimum Gasteiger partial charge on any atom is -0.497 e. The van der Waals surface area contributed by atoms with E-state index in [9.17, 15) is 4.79 Å². The molecule has 0 aliphatic heterocycles. The molecule has 0 aliphatic rings. The average molecular weight is 475 g/mol. The van der Waals surface area contributed by atoms with Crippen molar-refractivity contribution in [3.8, 4) is 16.5 Å². The summed E-state index contributed by atoms with van der Waals surface area (Å²) in [7, 11) is 1.62. The number of rotatable bonds is 6. The van der Waals surface area contributed by atoms with Gasteiger partial charge in [0.25, 0.3) is 0 Å². The first-order valence-corrected chi connectivity index (χ1v) is 11.4. The summed E-state index contributed by atoms with van der Waals surface area (Å²) in [5.41, 5.74) is 4.23. The molecule has 3 aromatic heterocycles. The molecule has 6 nitrogen and oxygen atoms in total. The van der Waals surface area contributed by atoms with E-state index in [1.54, 1.807) is 31.9 Å². The van der Waals surface area contributed by atoms with Crippen molar-refractivity contribution in [3.05, 3.63) is 94.0 Å². The summed E-state index contributed by atoms with van der Waals surface area (Å²) in [6, 6.07) is 13.6. The summed E-state index contributed by atoms with van der Waals surface area (Å²) in [6.45, 7) is 2.59. The Bertz CT molecular complexity index is 1460. The fourth-order valence-electron chi connectivity index (χ4n) is 3.88. The minimum absolute atomic E-state index is 0.0757. The molecule has 3 heterocycles. The lowest BCUT2D eigenvalue weighted by Gasteiger charge is -2.09. The van der Waals surface area contributed by atoms with Crippen molar-refractivity contribution >= 4 is 39.6 Å². The Labute approximate surface area is 199 Å². The highest BCUT2D eigenvalue weighted by Crippen LogP contribution is 2.34. The maximum Gasteiger partial charge on any atom is 0.207 e. The minimum atomic E-state index is -0.0757. The molecule has 5 aromatic rings. The van der Waals surface area contributed by atoms with E-state index in [1.807, 2.05) is 49.4 Å². The van der Waals surface area contributed by atoms with Crippen LogP contribution in [0, 0.1) is 6.92 Å². The molecular weight excluding hydrogens is 456 g/mol. The molecule has 8 heteroatoms. The van der Waals surface area contributed by atoms with Gasteiger partial charge in [-0.1, -0.05) is 23.7 Å². The number of ketones is 1.